The number of hydrogen-bond donors (Lipinski definition) is 0. The van der Waals surface area contributed by atoms with Gasteiger partial charge in [-0.15, -0.1) is 0 Å². The number of esters is 1. The van der Waals surface area contributed by atoms with Crippen molar-refractivity contribution in [1.82, 2.24) is 0 Å². The summed E-state index contributed by atoms with van der Waals surface area (Å²) in [6.07, 6.45) is 0.967. The van der Waals surface area contributed by atoms with Crippen LogP contribution in [0.5, 0.6) is 11.5 Å². The first kappa shape index (κ1) is 32.4. The van der Waals surface area contributed by atoms with Gasteiger partial charge in [-0.05, 0) is 52.2 Å². The molecular formula is C34H51O5P. The van der Waals surface area contributed by atoms with E-state index in [0.29, 0.717) is 26.1 Å². The summed E-state index contributed by atoms with van der Waals surface area (Å²) in [7, 11) is -1.67. The molecule has 0 aromatic heterocycles. The molecule has 0 spiro atoms. The number of rotatable bonds is 6. The van der Waals surface area contributed by atoms with Crippen LogP contribution < -0.4 is 9.05 Å². The zero-order valence-corrected chi connectivity index (χ0v) is 28.0. The zero-order valence-electron chi connectivity index (χ0n) is 27.1. The maximum atomic E-state index is 12.1. The lowest BCUT2D eigenvalue weighted by molar-refractivity contribution is -0.143. The second kappa shape index (κ2) is 11.6. The van der Waals surface area contributed by atoms with Gasteiger partial charge in [-0.3, -0.25) is 9.32 Å². The van der Waals surface area contributed by atoms with Crippen LogP contribution in [0, 0.1) is 0 Å². The average molecular weight is 571 g/mol. The van der Waals surface area contributed by atoms with E-state index < -0.39 is 8.60 Å². The minimum absolute atomic E-state index is 0.0198. The van der Waals surface area contributed by atoms with Crippen LogP contribution in [0.4, 0.5) is 0 Å². The van der Waals surface area contributed by atoms with Gasteiger partial charge in [0.15, 0.2) is 0 Å². The highest BCUT2D eigenvalue weighted by Crippen LogP contribution is 2.54. The van der Waals surface area contributed by atoms with Crippen LogP contribution in [0.1, 0.15) is 130 Å². The maximum absolute atomic E-state index is 12.1. The minimum Gasteiger partial charge on any atom is -0.466 e. The van der Waals surface area contributed by atoms with Crippen molar-refractivity contribution in [2.75, 3.05) is 6.61 Å². The van der Waals surface area contributed by atoms with Crippen molar-refractivity contribution in [3.8, 4) is 11.5 Å². The van der Waals surface area contributed by atoms with E-state index in [1.807, 2.05) is 6.92 Å². The first-order chi connectivity index (χ1) is 18.2. The molecule has 1 atom stereocenters. The Morgan fingerprint density at radius 3 is 1.82 bits per heavy atom. The number of ether oxygens (including phenoxy) is 1. The summed E-state index contributed by atoms with van der Waals surface area (Å²) >= 11 is 0. The molecule has 40 heavy (non-hydrogen) atoms. The van der Waals surface area contributed by atoms with E-state index in [-0.39, 0.29) is 27.6 Å². The van der Waals surface area contributed by atoms with Gasteiger partial charge in [0, 0.05) is 28.7 Å². The topological polar surface area (TPSA) is 54.0 Å². The smallest absolute Gasteiger partial charge is 0.463 e. The summed E-state index contributed by atoms with van der Waals surface area (Å²) < 4.78 is 24.8. The molecule has 0 aliphatic carbocycles. The Bertz CT molecular complexity index is 1180. The SMILES string of the molecule is CCOC(=O)CCc1cc(C(C)(C)C)c(OP2OCc3cc(C(C)(C)C)cc(C(C)(C)C)c3O2)c(C(C)(C)C)c1. The molecule has 0 saturated heterocycles. The third-order valence-electron chi connectivity index (χ3n) is 7.18. The van der Waals surface area contributed by atoms with Crippen molar-refractivity contribution in [2.45, 2.75) is 131 Å². The molecule has 0 radical (unpaired) electrons. The van der Waals surface area contributed by atoms with E-state index >= 15 is 0 Å². The van der Waals surface area contributed by atoms with Crippen molar-refractivity contribution in [3.63, 3.8) is 0 Å². The summed E-state index contributed by atoms with van der Waals surface area (Å²) in [4.78, 5) is 12.1. The van der Waals surface area contributed by atoms with Gasteiger partial charge in [0.1, 0.15) is 11.5 Å². The fourth-order valence-electron chi connectivity index (χ4n) is 4.76. The average Bonchev–Trinajstić information content (AvgIpc) is 2.80. The Hall–Kier alpha value is -2.10. The lowest BCUT2D eigenvalue weighted by atomic mass is 9.78. The first-order valence-electron chi connectivity index (χ1n) is 14.5. The molecule has 0 fully saturated rings. The molecule has 1 heterocycles. The normalized spacial score (nSPS) is 16.3. The van der Waals surface area contributed by atoms with E-state index in [1.165, 1.54) is 11.1 Å². The van der Waals surface area contributed by atoms with E-state index in [2.05, 4.69) is 107 Å². The Labute approximate surface area is 244 Å². The van der Waals surface area contributed by atoms with Gasteiger partial charge < -0.3 is 13.8 Å². The summed E-state index contributed by atoms with van der Waals surface area (Å²) in [5.74, 6) is 1.53. The predicted octanol–water partition coefficient (Wildman–Crippen LogP) is 9.59. The summed E-state index contributed by atoms with van der Waals surface area (Å²) in [5, 5.41) is 0. The molecule has 1 aliphatic heterocycles. The second-order valence-electron chi connectivity index (χ2n) is 15.0. The van der Waals surface area contributed by atoms with E-state index in [0.717, 1.165) is 33.8 Å². The van der Waals surface area contributed by atoms with Crippen LogP contribution in [0.25, 0.3) is 0 Å². The van der Waals surface area contributed by atoms with E-state index in [1.54, 1.807) is 0 Å². The fraction of sp³-hybridized carbons (Fsp3) is 0.618. The van der Waals surface area contributed by atoms with Crippen LogP contribution in [0.15, 0.2) is 24.3 Å². The molecule has 0 N–H and O–H groups in total. The fourth-order valence-corrected chi connectivity index (χ4v) is 5.86. The predicted molar refractivity (Wildman–Crippen MR) is 166 cm³/mol. The number of hydrogen-bond acceptors (Lipinski definition) is 5. The van der Waals surface area contributed by atoms with Crippen molar-refractivity contribution in [1.29, 1.82) is 0 Å². The monoisotopic (exact) mass is 570 g/mol. The van der Waals surface area contributed by atoms with Crippen molar-refractivity contribution in [3.05, 3.63) is 57.6 Å². The number of benzene rings is 2. The Balaban J connectivity index is 2.06. The molecule has 2 aromatic carbocycles. The number of carbonyl (C=O) groups excluding carboxylic acids is 1. The van der Waals surface area contributed by atoms with Crippen molar-refractivity contribution >= 4 is 14.6 Å². The van der Waals surface area contributed by atoms with Gasteiger partial charge in [-0.1, -0.05) is 101 Å². The molecule has 0 saturated carbocycles. The van der Waals surface area contributed by atoms with Gasteiger partial charge in [-0.25, -0.2) is 0 Å². The minimum atomic E-state index is -1.67. The highest BCUT2D eigenvalue weighted by Gasteiger charge is 2.36. The number of fused-ring (bicyclic) bond motifs is 1. The first-order valence-corrected chi connectivity index (χ1v) is 15.6. The van der Waals surface area contributed by atoms with Crippen LogP contribution >= 0.6 is 8.60 Å². The lowest BCUT2D eigenvalue weighted by Crippen LogP contribution is -2.22. The summed E-state index contributed by atoms with van der Waals surface area (Å²) in [6, 6.07) is 8.86. The molecule has 222 valence electrons. The standard InChI is InChI=1S/C34H51O5P/c1-14-36-28(35)16-15-22-17-25(32(5,6)7)30(26(18-22)33(8,9)10)39-40-37-21-23-19-24(31(2,3)4)20-27(29(23)38-40)34(11,12)13/h17-20H,14-16,21H2,1-13H3. The third kappa shape index (κ3) is 7.79. The maximum Gasteiger partial charge on any atom is 0.463 e. The van der Waals surface area contributed by atoms with Gasteiger partial charge in [0.25, 0.3) is 0 Å². The highest BCUT2D eigenvalue weighted by molar-refractivity contribution is 7.42. The molecule has 1 unspecified atom stereocenters. The van der Waals surface area contributed by atoms with E-state index in [4.69, 9.17) is 18.3 Å². The van der Waals surface area contributed by atoms with Crippen molar-refractivity contribution in [2.24, 2.45) is 0 Å². The second-order valence-corrected chi connectivity index (χ2v) is 16.1. The molecule has 0 bridgehead atoms. The molecule has 0 amide bonds. The van der Waals surface area contributed by atoms with Crippen LogP contribution in [-0.2, 0) is 48.7 Å². The molecular weight excluding hydrogens is 519 g/mol. The highest BCUT2D eigenvalue weighted by atomic mass is 31.2. The third-order valence-corrected chi connectivity index (χ3v) is 8.19. The lowest BCUT2D eigenvalue weighted by Gasteiger charge is -2.35. The molecule has 2 aromatic rings. The number of carbonyl (C=O) groups is 1. The molecule has 3 rings (SSSR count). The van der Waals surface area contributed by atoms with Crippen LogP contribution in [0.2, 0.25) is 0 Å². The van der Waals surface area contributed by atoms with Gasteiger partial charge >= 0.3 is 14.6 Å². The van der Waals surface area contributed by atoms with E-state index in [9.17, 15) is 4.79 Å². The molecule has 6 heteroatoms. The largest absolute Gasteiger partial charge is 0.466 e. The Morgan fingerprint density at radius 1 is 0.800 bits per heavy atom. The van der Waals surface area contributed by atoms with Gasteiger partial charge in [0.2, 0.25) is 0 Å². The van der Waals surface area contributed by atoms with Gasteiger partial charge in [-0.2, -0.15) is 0 Å². The Kier molecular flexibility index (Phi) is 9.44. The van der Waals surface area contributed by atoms with Gasteiger partial charge in [0.05, 0.1) is 13.2 Å². The molecule has 5 nitrogen and oxygen atoms in total. The summed E-state index contributed by atoms with van der Waals surface area (Å²) in [5.41, 5.74) is 6.31. The summed E-state index contributed by atoms with van der Waals surface area (Å²) in [6.45, 7) is 29.2. The zero-order chi connectivity index (χ0) is 30.3. The quantitative estimate of drug-likeness (QED) is 0.256. The Morgan fingerprint density at radius 2 is 1.35 bits per heavy atom. The van der Waals surface area contributed by atoms with Crippen LogP contribution in [0.3, 0.4) is 0 Å². The van der Waals surface area contributed by atoms with Crippen LogP contribution in [-0.4, -0.2) is 12.6 Å². The van der Waals surface area contributed by atoms with Crippen molar-refractivity contribution < 1.29 is 23.1 Å². The molecule has 1 aliphatic rings. The number of aryl methyl sites for hydroxylation is 1.